The Morgan fingerprint density at radius 2 is 1.72 bits per heavy atom. The monoisotopic (exact) mass is 465 g/mol. The zero-order valence-corrected chi connectivity index (χ0v) is 19.0. The topological polar surface area (TPSA) is 74.7 Å². The highest BCUT2D eigenvalue weighted by Gasteiger charge is 2.20. The molecule has 0 saturated heterocycles. The maximum Gasteiger partial charge on any atom is 0.339 e. The van der Waals surface area contributed by atoms with Crippen molar-refractivity contribution in [2.45, 2.75) is 6.61 Å². The normalized spacial score (nSPS) is 10.6. The number of ether oxygens (including phenoxy) is 3. The Kier molecular flexibility index (Phi) is 6.63. The number of hydrogen-bond acceptors (Lipinski definition) is 8. The van der Waals surface area contributed by atoms with Gasteiger partial charge in [-0.1, -0.05) is 30.3 Å². The number of benzene rings is 2. The van der Waals surface area contributed by atoms with Crippen molar-refractivity contribution in [2.24, 2.45) is 0 Å². The van der Waals surface area contributed by atoms with E-state index in [1.807, 2.05) is 29.0 Å². The summed E-state index contributed by atoms with van der Waals surface area (Å²) in [5.41, 5.74) is 1.95. The van der Waals surface area contributed by atoms with Gasteiger partial charge in [0.1, 0.15) is 11.6 Å². The van der Waals surface area contributed by atoms with Gasteiger partial charge in [0.15, 0.2) is 11.5 Å². The first-order chi connectivity index (χ1) is 15.6. The molecule has 0 amide bonds. The van der Waals surface area contributed by atoms with Gasteiger partial charge in [0, 0.05) is 10.9 Å². The number of rotatable bonds is 8. The largest absolute Gasteiger partial charge is 0.493 e. The van der Waals surface area contributed by atoms with Gasteiger partial charge in [0.2, 0.25) is 5.78 Å². The number of para-hydroxylation sites is 1. The van der Waals surface area contributed by atoms with Crippen LogP contribution in [-0.4, -0.2) is 31.0 Å². The first-order valence-corrected chi connectivity index (χ1v) is 11.4. The molecule has 2 heterocycles. The summed E-state index contributed by atoms with van der Waals surface area (Å²) < 4.78 is 16.3. The van der Waals surface area contributed by atoms with Crippen LogP contribution in [0.25, 0.3) is 10.6 Å². The number of thiazole rings is 1. The Bertz CT molecular complexity index is 1250. The molecule has 0 radical (unpaired) electrons. The van der Waals surface area contributed by atoms with Crippen LogP contribution in [0.15, 0.2) is 65.4 Å². The van der Waals surface area contributed by atoms with Gasteiger partial charge in [-0.3, -0.25) is 4.79 Å². The maximum absolute atomic E-state index is 12.7. The second kappa shape index (κ2) is 9.76. The van der Waals surface area contributed by atoms with E-state index in [0.717, 1.165) is 10.6 Å². The van der Waals surface area contributed by atoms with E-state index in [4.69, 9.17) is 14.2 Å². The summed E-state index contributed by atoms with van der Waals surface area (Å²) in [6, 6.07) is 15.8. The summed E-state index contributed by atoms with van der Waals surface area (Å²) in [4.78, 5) is 30.6. The van der Waals surface area contributed by atoms with Gasteiger partial charge in [0.05, 0.1) is 35.9 Å². The Morgan fingerprint density at radius 1 is 0.906 bits per heavy atom. The molecule has 0 bridgehead atoms. The van der Waals surface area contributed by atoms with E-state index in [9.17, 15) is 9.59 Å². The van der Waals surface area contributed by atoms with Gasteiger partial charge in [-0.2, -0.15) is 0 Å². The molecule has 0 fully saturated rings. The minimum absolute atomic E-state index is 0.0108. The molecule has 6 nitrogen and oxygen atoms in total. The van der Waals surface area contributed by atoms with Crippen molar-refractivity contribution in [3.05, 3.63) is 87.1 Å². The summed E-state index contributed by atoms with van der Waals surface area (Å²) >= 11 is 2.75. The maximum atomic E-state index is 12.7. The molecule has 8 heteroatoms. The van der Waals surface area contributed by atoms with E-state index >= 15 is 0 Å². The number of esters is 1. The lowest BCUT2D eigenvalue weighted by Crippen LogP contribution is -2.12. The van der Waals surface area contributed by atoms with E-state index in [2.05, 4.69) is 4.98 Å². The van der Waals surface area contributed by atoms with Gasteiger partial charge in [-0.05, 0) is 29.6 Å². The molecule has 2 aromatic carbocycles. The van der Waals surface area contributed by atoms with E-state index in [0.29, 0.717) is 27.6 Å². The van der Waals surface area contributed by atoms with Gasteiger partial charge < -0.3 is 14.2 Å². The zero-order chi connectivity index (χ0) is 22.5. The summed E-state index contributed by atoms with van der Waals surface area (Å²) in [6.07, 6.45) is 0. The molecular formula is C24H19NO5S2. The third-order valence-electron chi connectivity index (χ3n) is 4.67. The second-order valence-electron chi connectivity index (χ2n) is 6.61. The fourth-order valence-electron chi connectivity index (χ4n) is 3.17. The number of hydrogen-bond donors (Lipinski definition) is 0. The molecule has 4 aromatic rings. The van der Waals surface area contributed by atoms with Crippen LogP contribution < -0.4 is 9.47 Å². The first-order valence-electron chi connectivity index (χ1n) is 9.62. The number of methoxy groups -OCH3 is 2. The quantitative estimate of drug-likeness (QED) is 0.253. The summed E-state index contributed by atoms with van der Waals surface area (Å²) in [7, 11) is 3.15. The van der Waals surface area contributed by atoms with Crippen LogP contribution in [-0.2, 0) is 11.3 Å². The molecular weight excluding hydrogens is 446 g/mol. The van der Waals surface area contributed by atoms with Crippen LogP contribution in [0.3, 0.4) is 0 Å². The molecule has 0 saturated carbocycles. The van der Waals surface area contributed by atoms with Crippen LogP contribution >= 0.6 is 22.7 Å². The predicted molar refractivity (Wildman–Crippen MR) is 124 cm³/mol. The molecule has 0 N–H and O–H groups in total. The van der Waals surface area contributed by atoms with E-state index in [1.54, 1.807) is 50.6 Å². The second-order valence-corrected chi connectivity index (χ2v) is 8.42. The average molecular weight is 466 g/mol. The summed E-state index contributed by atoms with van der Waals surface area (Å²) in [5, 5.41) is 4.37. The fourth-order valence-corrected chi connectivity index (χ4v) is 4.67. The molecule has 4 rings (SSSR count). The highest BCUT2D eigenvalue weighted by molar-refractivity contribution is 7.13. The Hall–Kier alpha value is -3.49. The van der Waals surface area contributed by atoms with Crippen molar-refractivity contribution in [3.8, 4) is 22.1 Å². The Labute approximate surface area is 193 Å². The summed E-state index contributed by atoms with van der Waals surface area (Å²) in [6.45, 7) is -0.0108. The lowest BCUT2D eigenvalue weighted by Gasteiger charge is -2.10. The standard InChI is InChI=1S/C24H19NO5S2/c1-28-19-10-5-9-18(22(19)29-2)23-25-15(14-32-23)13-30-24(27)17-8-4-3-7-16(17)21(26)20-11-6-12-31-20/h3-12,14H,13H2,1-2H3. The minimum Gasteiger partial charge on any atom is -0.493 e. The van der Waals surface area contributed by atoms with Crippen molar-refractivity contribution in [3.63, 3.8) is 0 Å². The van der Waals surface area contributed by atoms with Crippen LogP contribution in [0.2, 0.25) is 0 Å². The molecule has 32 heavy (non-hydrogen) atoms. The number of ketones is 1. The number of nitrogens with zero attached hydrogens (tertiary/aromatic N) is 1. The van der Waals surface area contributed by atoms with Crippen LogP contribution in [0.1, 0.15) is 31.3 Å². The van der Waals surface area contributed by atoms with E-state index in [1.165, 1.54) is 22.7 Å². The highest BCUT2D eigenvalue weighted by Crippen LogP contribution is 2.39. The number of carbonyl (C=O) groups excluding carboxylic acids is 2. The van der Waals surface area contributed by atoms with Gasteiger partial charge in [-0.25, -0.2) is 9.78 Å². The molecule has 2 aromatic heterocycles. The fraction of sp³-hybridized carbons (Fsp3) is 0.125. The summed E-state index contributed by atoms with van der Waals surface area (Å²) in [5.74, 6) is 0.432. The first kappa shape index (κ1) is 21.7. The van der Waals surface area contributed by atoms with Crippen molar-refractivity contribution in [1.29, 1.82) is 0 Å². The minimum atomic E-state index is -0.570. The molecule has 0 atom stereocenters. The van der Waals surface area contributed by atoms with Crippen molar-refractivity contribution in [1.82, 2.24) is 4.98 Å². The smallest absolute Gasteiger partial charge is 0.339 e. The van der Waals surface area contributed by atoms with Gasteiger partial charge in [0.25, 0.3) is 0 Å². The van der Waals surface area contributed by atoms with Crippen molar-refractivity contribution in [2.75, 3.05) is 14.2 Å². The molecule has 0 spiro atoms. The third kappa shape index (κ3) is 4.42. The Morgan fingerprint density at radius 3 is 2.44 bits per heavy atom. The SMILES string of the molecule is COc1cccc(-c2nc(COC(=O)c3ccccc3C(=O)c3cccs3)cs2)c1OC. The van der Waals surface area contributed by atoms with Crippen LogP contribution in [0.4, 0.5) is 0 Å². The third-order valence-corrected chi connectivity index (χ3v) is 6.47. The van der Waals surface area contributed by atoms with Crippen molar-refractivity contribution < 1.29 is 23.8 Å². The predicted octanol–water partition coefficient (Wildman–Crippen LogP) is 5.48. The van der Waals surface area contributed by atoms with Crippen LogP contribution in [0, 0.1) is 0 Å². The lowest BCUT2D eigenvalue weighted by atomic mass is 10.0. The number of thiophene rings is 1. The van der Waals surface area contributed by atoms with Gasteiger partial charge >= 0.3 is 5.97 Å². The van der Waals surface area contributed by atoms with Crippen molar-refractivity contribution >= 4 is 34.4 Å². The van der Waals surface area contributed by atoms with Gasteiger partial charge in [-0.15, -0.1) is 22.7 Å². The lowest BCUT2D eigenvalue weighted by molar-refractivity contribution is 0.0466. The molecule has 162 valence electrons. The molecule has 0 aliphatic rings. The number of carbonyl (C=O) groups is 2. The van der Waals surface area contributed by atoms with E-state index in [-0.39, 0.29) is 18.0 Å². The molecule has 0 unspecified atom stereocenters. The van der Waals surface area contributed by atoms with Crippen LogP contribution in [0.5, 0.6) is 11.5 Å². The molecule has 0 aliphatic heterocycles. The Balaban J connectivity index is 1.50. The van der Waals surface area contributed by atoms with E-state index < -0.39 is 5.97 Å². The average Bonchev–Trinajstić information content (AvgIpc) is 3.54. The zero-order valence-electron chi connectivity index (χ0n) is 17.4. The molecule has 0 aliphatic carbocycles. The highest BCUT2D eigenvalue weighted by atomic mass is 32.1. The number of aromatic nitrogens is 1.